The maximum atomic E-state index is 14.3. The molecule has 0 aliphatic carbocycles. The summed E-state index contributed by atoms with van der Waals surface area (Å²) in [5, 5.41) is 17.8. The number of carbonyl (C=O) groups is 4. The quantitative estimate of drug-likeness (QED) is 0.0334. The Morgan fingerprint density at radius 1 is 0.683 bits per heavy atom. The molecule has 352 valence electrons. The fourth-order valence-electron chi connectivity index (χ4n) is 5.57. The van der Waals surface area contributed by atoms with Gasteiger partial charge in [0.05, 0.1) is 61.9 Å². The van der Waals surface area contributed by atoms with Gasteiger partial charge < -0.3 is 28.8 Å². The van der Waals surface area contributed by atoms with Gasteiger partial charge in [-0.25, -0.2) is 4.79 Å². The Kier molecular flexibility index (Phi) is 19.1. The van der Waals surface area contributed by atoms with Gasteiger partial charge in [0.2, 0.25) is 0 Å². The van der Waals surface area contributed by atoms with Crippen molar-refractivity contribution in [2.24, 2.45) is 17.8 Å². The van der Waals surface area contributed by atoms with Crippen LogP contribution in [0.25, 0.3) is 0 Å². The Labute approximate surface area is 350 Å². The van der Waals surface area contributed by atoms with Gasteiger partial charge in [0, 0.05) is 6.42 Å². The van der Waals surface area contributed by atoms with Gasteiger partial charge in [-0.3, -0.25) is 14.4 Å². The summed E-state index contributed by atoms with van der Waals surface area (Å²) in [7, 11) is 0. The Morgan fingerprint density at radius 2 is 1.22 bits per heavy atom. The predicted octanol–water partition coefficient (Wildman–Crippen LogP) is 8.75. The minimum absolute atomic E-state index is 0.0948. The lowest BCUT2D eigenvalue weighted by Crippen LogP contribution is -2.70. The van der Waals surface area contributed by atoms with Crippen molar-refractivity contribution < 1.29 is 105 Å². The van der Waals surface area contributed by atoms with Gasteiger partial charge in [0.25, 0.3) is 0 Å². The van der Waals surface area contributed by atoms with E-state index in [1.54, 1.807) is 0 Å². The topological polar surface area (TPSA) is 158 Å². The number of aliphatic hydroxyl groups excluding tert-OH is 1. The molecule has 63 heavy (non-hydrogen) atoms. The van der Waals surface area contributed by atoms with E-state index in [0.29, 0.717) is 17.7 Å². The summed E-state index contributed by atoms with van der Waals surface area (Å²) < 4.78 is 200. The fraction of sp³-hybridized carbons (Fsp3) is 0.564. The van der Waals surface area contributed by atoms with Gasteiger partial charge >= 0.3 is 59.7 Å². The average molecular weight is 930 g/mol. The first-order chi connectivity index (χ1) is 29.1. The molecular formula is C39H40F13NO10. The van der Waals surface area contributed by atoms with Gasteiger partial charge in [0.1, 0.15) is 18.1 Å². The van der Waals surface area contributed by atoms with Crippen LogP contribution in [-0.2, 0) is 28.6 Å². The second kappa shape index (κ2) is 22.3. The number of nitrogens with zero attached hydrogens (tertiary/aromatic N) is 1. The second-order valence-corrected chi connectivity index (χ2v) is 13.8. The van der Waals surface area contributed by atoms with Crippen LogP contribution in [0.2, 0.25) is 0 Å². The minimum Gasteiger partial charge on any atom is -0.494 e. The van der Waals surface area contributed by atoms with Gasteiger partial charge in [-0.1, -0.05) is 13.8 Å². The zero-order chi connectivity index (χ0) is 48.0. The first kappa shape index (κ1) is 53.8. The molecule has 0 bridgehead atoms. The highest BCUT2D eigenvalue weighted by molar-refractivity contribution is 5.91. The molecule has 0 amide bonds. The Balaban J connectivity index is 2.02. The number of aliphatic hydroxyl groups is 1. The molecule has 0 heterocycles. The monoisotopic (exact) mass is 929 g/mol. The van der Waals surface area contributed by atoms with E-state index >= 15 is 0 Å². The average Bonchev–Trinajstić information content (AvgIpc) is 3.21. The van der Waals surface area contributed by atoms with Gasteiger partial charge in [-0.15, -0.1) is 0 Å². The molecule has 0 aliphatic heterocycles. The van der Waals surface area contributed by atoms with Crippen molar-refractivity contribution in [3.05, 3.63) is 59.7 Å². The molecule has 1 N–H and O–H groups in total. The third-order valence-electron chi connectivity index (χ3n) is 9.15. The lowest BCUT2D eigenvalue weighted by Gasteiger charge is -2.39. The number of halogens is 13. The highest BCUT2D eigenvalue weighted by Gasteiger charge is 2.90. The number of hydrogen-bond donors (Lipinski definition) is 1. The molecule has 0 saturated carbocycles. The fourth-order valence-corrected chi connectivity index (χ4v) is 5.57. The predicted molar refractivity (Wildman–Crippen MR) is 188 cm³/mol. The largest absolute Gasteiger partial charge is 0.494 e. The number of hydrogen-bond acceptors (Lipinski definition) is 11. The van der Waals surface area contributed by atoms with Crippen LogP contribution in [-0.4, -0.2) is 97.8 Å². The van der Waals surface area contributed by atoms with E-state index in [2.05, 4.69) is 4.74 Å². The van der Waals surface area contributed by atoms with E-state index in [0.717, 1.165) is 0 Å². The van der Waals surface area contributed by atoms with Crippen molar-refractivity contribution in [1.82, 2.24) is 0 Å². The number of benzene rings is 2. The van der Waals surface area contributed by atoms with Gasteiger partial charge in [0.15, 0.2) is 0 Å². The van der Waals surface area contributed by atoms with E-state index in [1.165, 1.54) is 62.4 Å². The lowest BCUT2D eigenvalue weighted by atomic mass is 9.81. The van der Waals surface area contributed by atoms with Crippen LogP contribution in [0.4, 0.5) is 57.1 Å². The van der Waals surface area contributed by atoms with Crippen molar-refractivity contribution in [2.75, 3.05) is 33.0 Å². The number of unbranched alkanes of at least 4 members (excludes halogenated alkanes) is 1. The van der Waals surface area contributed by atoms with Crippen LogP contribution in [0.3, 0.4) is 0 Å². The summed E-state index contributed by atoms with van der Waals surface area (Å²) in [5.74, 6) is -45.7. The summed E-state index contributed by atoms with van der Waals surface area (Å²) in [5.41, 5.74) is 0.560. The molecule has 3 unspecified atom stereocenters. The summed E-state index contributed by atoms with van der Waals surface area (Å²) in [6.07, 6.45) is -11.3. The molecule has 0 radical (unpaired) electrons. The summed E-state index contributed by atoms with van der Waals surface area (Å²) in [6.45, 7) is -0.665. The molecule has 2 rings (SSSR count). The molecule has 2 aromatic carbocycles. The highest BCUT2D eigenvalue weighted by atomic mass is 19.4. The van der Waals surface area contributed by atoms with Gasteiger partial charge in [-0.05, 0) is 80.1 Å². The smallest absolute Gasteiger partial charge is 0.460 e. The lowest BCUT2D eigenvalue weighted by molar-refractivity contribution is -0.440. The summed E-state index contributed by atoms with van der Waals surface area (Å²) in [6, 6.07) is 13.6. The number of rotatable bonds is 25. The Hall–Kier alpha value is -5.34. The maximum Gasteiger partial charge on any atom is 0.460 e. The molecule has 24 heteroatoms. The van der Waals surface area contributed by atoms with Crippen LogP contribution >= 0.6 is 0 Å². The Bertz CT molecular complexity index is 1870. The number of ether oxygens (including phenoxy) is 5. The molecule has 3 atom stereocenters. The SMILES string of the molecule is CCC(C(=O)OCCC(F)(F)C(F)(F)C(F)(F)C(F)(F)C(F)(F)C(F)(F)F)C(CC(=O)OCCCCOc1ccc(C(=O)Oc2ccc(C#N)cc2)cc1)CC(C)C(=O)OCCO. The number of carbonyl (C=O) groups excluding carboxylic acids is 4. The maximum absolute atomic E-state index is 14.3. The molecule has 0 saturated heterocycles. The van der Waals surface area contributed by atoms with Crippen LogP contribution in [0, 0.1) is 29.1 Å². The molecular weight excluding hydrogens is 889 g/mol. The number of alkyl halides is 13. The van der Waals surface area contributed by atoms with Crippen LogP contribution in [0.5, 0.6) is 11.5 Å². The van der Waals surface area contributed by atoms with E-state index in [-0.39, 0.29) is 37.4 Å². The molecule has 0 aromatic heterocycles. The van der Waals surface area contributed by atoms with E-state index in [4.69, 9.17) is 29.3 Å². The third-order valence-corrected chi connectivity index (χ3v) is 9.15. The molecule has 0 aliphatic rings. The molecule has 0 spiro atoms. The molecule has 2 aromatic rings. The summed E-state index contributed by atoms with van der Waals surface area (Å²) in [4.78, 5) is 50.5. The molecule has 11 nitrogen and oxygen atoms in total. The van der Waals surface area contributed by atoms with Crippen molar-refractivity contribution in [3.8, 4) is 17.6 Å². The normalized spacial score (nSPS) is 14.1. The summed E-state index contributed by atoms with van der Waals surface area (Å²) >= 11 is 0. The zero-order valence-electron chi connectivity index (χ0n) is 33.1. The first-order valence-electron chi connectivity index (χ1n) is 18.6. The standard InChI is InChI=1S/C39H40F13NO10/c1-3-29(33(58)61-18-14-34(40,41)35(42,43)36(44,45)37(46,47)38(48,49)39(50,51)52)26(20-23(2)31(56)62-19-15-54)21-30(55)60-17-5-4-16-59-27-12-8-25(9-13-27)32(57)63-28-10-6-24(22-53)7-11-28/h6-13,23,26,29,54H,3-5,14-21H2,1-2H3. The third kappa shape index (κ3) is 13.6. The van der Waals surface area contributed by atoms with Crippen molar-refractivity contribution in [2.45, 2.75) is 88.2 Å². The van der Waals surface area contributed by atoms with Crippen LogP contribution in [0.15, 0.2) is 48.5 Å². The zero-order valence-corrected chi connectivity index (χ0v) is 33.1. The number of esters is 4. The van der Waals surface area contributed by atoms with Crippen molar-refractivity contribution in [3.63, 3.8) is 0 Å². The highest BCUT2D eigenvalue weighted by Crippen LogP contribution is 2.60. The first-order valence-corrected chi connectivity index (χ1v) is 18.6. The number of nitriles is 1. The van der Waals surface area contributed by atoms with E-state index in [1.807, 2.05) is 6.07 Å². The molecule has 0 fully saturated rings. The van der Waals surface area contributed by atoms with Gasteiger partial charge in [-0.2, -0.15) is 62.3 Å². The van der Waals surface area contributed by atoms with Crippen LogP contribution in [0.1, 0.15) is 68.3 Å². The van der Waals surface area contributed by atoms with E-state index < -0.39 is 117 Å². The van der Waals surface area contributed by atoms with E-state index in [9.17, 15) is 76.3 Å². The van der Waals surface area contributed by atoms with Crippen LogP contribution < -0.4 is 9.47 Å². The van der Waals surface area contributed by atoms with Crippen molar-refractivity contribution in [1.29, 1.82) is 5.26 Å². The van der Waals surface area contributed by atoms with Crippen molar-refractivity contribution >= 4 is 23.9 Å². The minimum atomic E-state index is -8.09. The Morgan fingerprint density at radius 3 is 1.76 bits per heavy atom. The second-order valence-electron chi connectivity index (χ2n) is 13.8.